The van der Waals surface area contributed by atoms with Gasteiger partial charge in [-0.25, -0.2) is 0 Å². The van der Waals surface area contributed by atoms with Gasteiger partial charge in [-0.3, -0.25) is 4.21 Å². The average Bonchev–Trinajstić information content (AvgIpc) is 2.29. The van der Waals surface area contributed by atoms with Crippen LogP contribution in [0.15, 0.2) is 24.3 Å². The van der Waals surface area contributed by atoms with Crippen molar-refractivity contribution in [3.63, 3.8) is 0 Å². The molecule has 4 heteroatoms. The Morgan fingerprint density at radius 2 is 2.22 bits per heavy atom. The van der Waals surface area contributed by atoms with Crippen molar-refractivity contribution in [2.45, 2.75) is 32.1 Å². The Hall–Kier alpha value is -0.710. The number of hydrogen-bond acceptors (Lipinski definition) is 3. The number of nitrogens with one attached hydrogen (secondary N) is 1. The maximum Gasteiger partial charge on any atom is 0.0779 e. The van der Waals surface area contributed by atoms with Crippen LogP contribution in [-0.4, -0.2) is 34.3 Å². The zero-order valence-corrected chi connectivity index (χ0v) is 12.0. The molecule has 1 rings (SSSR count). The Morgan fingerprint density at radius 1 is 1.44 bits per heavy atom. The summed E-state index contributed by atoms with van der Waals surface area (Å²) in [5.41, 5.74) is 2.25. The lowest BCUT2D eigenvalue weighted by Crippen LogP contribution is -2.31. The normalized spacial score (nSPS) is 14.4. The second kappa shape index (κ2) is 8.40. The Morgan fingerprint density at radius 3 is 2.89 bits per heavy atom. The maximum absolute atomic E-state index is 11.9. The largest absolute Gasteiger partial charge is 0.391 e. The van der Waals surface area contributed by atoms with Gasteiger partial charge in [0, 0.05) is 23.1 Å². The summed E-state index contributed by atoms with van der Waals surface area (Å²) in [6.07, 6.45) is 0.515. The molecule has 0 saturated heterocycles. The van der Waals surface area contributed by atoms with E-state index in [1.54, 1.807) is 0 Å². The molecule has 0 aliphatic carbocycles. The van der Waals surface area contributed by atoms with Crippen molar-refractivity contribution in [1.29, 1.82) is 0 Å². The van der Waals surface area contributed by atoms with Crippen LogP contribution in [0, 0.1) is 6.92 Å². The highest BCUT2D eigenvalue weighted by molar-refractivity contribution is 7.84. The van der Waals surface area contributed by atoms with Gasteiger partial charge in [0.05, 0.1) is 11.9 Å². The summed E-state index contributed by atoms with van der Waals surface area (Å²) in [4.78, 5) is 0. The van der Waals surface area contributed by atoms with Gasteiger partial charge in [0.2, 0.25) is 0 Å². The maximum atomic E-state index is 11.9. The van der Waals surface area contributed by atoms with E-state index in [-0.39, 0.29) is 0 Å². The second-order valence-electron chi connectivity index (χ2n) is 4.60. The van der Waals surface area contributed by atoms with Crippen molar-refractivity contribution >= 4 is 10.8 Å². The van der Waals surface area contributed by atoms with Gasteiger partial charge in [-0.1, -0.05) is 36.8 Å². The van der Waals surface area contributed by atoms with E-state index in [0.29, 0.717) is 18.1 Å². The summed E-state index contributed by atoms with van der Waals surface area (Å²) in [7, 11) is -1.00. The van der Waals surface area contributed by atoms with Crippen molar-refractivity contribution in [1.82, 2.24) is 5.32 Å². The predicted molar refractivity (Wildman–Crippen MR) is 77.1 cm³/mol. The lowest BCUT2D eigenvalue weighted by molar-refractivity contribution is 0.195. The predicted octanol–water partition coefficient (Wildman–Crippen LogP) is 1.60. The molecule has 1 aromatic rings. The van der Waals surface area contributed by atoms with Crippen molar-refractivity contribution < 1.29 is 9.32 Å². The number of aliphatic hydroxyl groups excluding tert-OH is 1. The molecule has 0 bridgehead atoms. The molecule has 0 spiro atoms. The average molecular weight is 269 g/mol. The van der Waals surface area contributed by atoms with Crippen LogP contribution in [-0.2, 0) is 16.6 Å². The van der Waals surface area contributed by atoms with Gasteiger partial charge in [-0.05, 0) is 25.5 Å². The van der Waals surface area contributed by atoms with E-state index < -0.39 is 16.9 Å². The van der Waals surface area contributed by atoms with E-state index in [1.807, 2.05) is 31.2 Å². The summed E-state index contributed by atoms with van der Waals surface area (Å²) in [6.45, 7) is 5.51. The van der Waals surface area contributed by atoms with Gasteiger partial charge in [-0.15, -0.1) is 0 Å². The molecule has 0 aliphatic rings. The Labute approximate surface area is 112 Å². The Kier molecular flexibility index (Phi) is 7.16. The van der Waals surface area contributed by atoms with Crippen LogP contribution in [0.1, 0.15) is 24.5 Å². The molecule has 2 unspecified atom stereocenters. The molecular formula is C14H23NO2S. The third-order valence-electron chi connectivity index (χ3n) is 2.60. The molecule has 0 radical (unpaired) electrons. The minimum Gasteiger partial charge on any atom is -0.391 e. The first-order valence-corrected chi connectivity index (χ1v) is 7.90. The first kappa shape index (κ1) is 15.3. The van der Waals surface area contributed by atoms with Crippen LogP contribution in [0.25, 0.3) is 0 Å². The van der Waals surface area contributed by atoms with Gasteiger partial charge in [0.1, 0.15) is 0 Å². The van der Waals surface area contributed by atoms with E-state index in [0.717, 1.165) is 18.5 Å². The fraction of sp³-hybridized carbons (Fsp3) is 0.571. The van der Waals surface area contributed by atoms with Crippen molar-refractivity contribution in [3.8, 4) is 0 Å². The molecular weight excluding hydrogens is 246 g/mol. The van der Waals surface area contributed by atoms with E-state index in [9.17, 15) is 9.32 Å². The number of aryl methyl sites for hydroxylation is 1. The Balaban J connectivity index is 2.32. The molecule has 3 nitrogen and oxygen atoms in total. The first-order valence-electron chi connectivity index (χ1n) is 6.41. The molecule has 2 N–H and O–H groups in total. The molecule has 0 heterocycles. The summed E-state index contributed by atoms with van der Waals surface area (Å²) >= 11 is 0. The lowest BCUT2D eigenvalue weighted by Gasteiger charge is -2.11. The third-order valence-corrected chi connectivity index (χ3v) is 4.01. The summed E-state index contributed by atoms with van der Waals surface area (Å²) < 4.78 is 11.9. The SMILES string of the molecule is CCCNCC(O)CS(=O)Cc1cccc(C)c1. The van der Waals surface area contributed by atoms with Crippen molar-refractivity contribution in [2.24, 2.45) is 0 Å². The van der Waals surface area contributed by atoms with Crippen molar-refractivity contribution in [2.75, 3.05) is 18.8 Å². The van der Waals surface area contributed by atoms with Crippen LogP contribution in [0.2, 0.25) is 0 Å². The zero-order chi connectivity index (χ0) is 13.4. The highest BCUT2D eigenvalue weighted by Crippen LogP contribution is 2.07. The molecule has 0 aromatic heterocycles. The highest BCUT2D eigenvalue weighted by Gasteiger charge is 2.09. The smallest absolute Gasteiger partial charge is 0.0779 e. The van der Waals surface area contributed by atoms with E-state index in [2.05, 4.69) is 12.2 Å². The summed E-state index contributed by atoms with van der Waals surface area (Å²) in [6, 6.07) is 8.02. The van der Waals surface area contributed by atoms with Gasteiger partial charge < -0.3 is 10.4 Å². The third kappa shape index (κ3) is 6.28. The van der Waals surface area contributed by atoms with Gasteiger partial charge in [-0.2, -0.15) is 0 Å². The lowest BCUT2D eigenvalue weighted by atomic mass is 10.2. The summed E-state index contributed by atoms with van der Waals surface area (Å²) in [5.74, 6) is 0.858. The standard InChI is InChI=1S/C14H23NO2S/c1-3-7-15-9-14(16)11-18(17)10-13-6-4-5-12(2)8-13/h4-6,8,14-16H,3,7,9-11H2,1-2H3. The van der Waals surface area contributed by atoms with Crippen LogP contribution >= 0.6 is 0 Å². The highest BCUT2D eigenvalue weighted by atomic mass is 32.2. The van der Waals surface area contributed by atoms with Gasteiger partial charge >= 0.3 is 0 Å². The summed E-state index contributed by atoms with van der Waals surface area (Å²) in [5, 5.41) is 12.9. The molecule has 102 valence electrons. The Bertz CT molecular complexity index is 382. The van der Waals surface area contributed by atoms with Gasteiger partial charge in [0.15, 0.2) is 0 Å². The quantitative estimate of drug-likeness (QED) is 0.705. The van der Waals surface area contributed by atoms with E-state index in [1.165, 1.54) is 5.56 Å². The monoisotopic (exact) mass is 269 g/mol. The molecule has 0 fully saturated rings. The van der Waals surface area contributed by atoms with Gasteiger partial charge in [0.25, 0.3) is 0 Å². The van der Waals surface area contributed by atoms with Crippen LogP contribution in [0.5, 0.6) is 0 Å². The molecule has 18 heavy (non-hydrogen) atoms. The zero-order valence-electron chi connectivity index (χ0n) is 11.2. The molecule has 1 aromatic carbocycles. The van der Waals surface area contributed by atoms with E-state index >= 15 is 0 Å². The molecule has 0 saturated carbocycles. The number of aliphatic hydroxyl groups is 1. The minimum absolute atomic E-state index is 0.338. The number of rotatable bonds is 8. The van der Waals surface area contributed by atoms with Crippen LogP contribution < -0.4 is 5.32 Å². The molecule has 2 atom stereocenters. The van der Waals surface area contributed by atoms with Crippen LogP contribution in [0.3, 0.4) is 0 Å². The topological polar surface area (TPSA) is 49.3 Å². The number of hydrogen-bond donors (Lipinski definition) is 2. The first-order chi connectivity index (χ1) is 8.61. The minimum atomic E-state index is -1.00. The van der Waals surface area contributed by atoms with Crippen molar-refractivity contribution in [3.05, 3.63) is 35.4 Å². The fourth-order valence-corrected chi connectivity index (χ4v) is 2.98. The fourth-order valence-electron chi connectivity index (χ4n) is 1.77. The molecule has 0 amide bonds. The van der Waals surface area contributed by atoms with Crippen LogP contribution in [0.4, 0.5) is 0 Å². The van der Waals surface area contributed by atoms with E-state index in [4.69, 9.17) is 0 Å². The number of benzene rings is 1. The second-order valence-corrected chi connectivity index (χ2v) is 6.10. The molecule has 0 aliphatic heterocycles.